The second-order valence-corrected chi connectivity index (χ2v) is 5.21. The summed E-state index contributed by atoms with van der Waals surface area (Å²) in [6, 6.07) is 18.2. The maximum Gasteiger partial charge on any atom is 0.170 e. The number of halogens is 1. The normalized spacial score (nSPS) is 14.2. The lowest BCUT2D eigenvalue weighted by atomic mass is 10.1. The van der Waals surface area contributed by atoms with Crippen molar-refractivity contribution in [2.75, 3.05) is 13.1 Å². The fourth-order valence-electron chi connectivity index (χ4n) is 2.54. The van der Waals surface area contributed by atoms with Gasteiger partial charge in [-0.2, -0.15) is 0 Å². The van der Waals surface area contributed by atoms with Crippen LogP contribution in [0.4, 0.5) is 0 Å². The van der Waals surface area contributed by atoms with Gasteiger partial charge in [0.05, 0.1) is 0 Å². The monoisotopic (exact) mass is 301 g/mol. The predicted octanol–water partition coefficient (Wildman–Crippen LogP) is 1.10. The molecule has 3 rings (SSSR count). The summed E-state index contributed by atoms with van der Waals surface area (Å²) in [7, 11) is 0. The highest BCUT2D eigenvalue weighted by atomic mass is 35.5. The number of hydrogen-bond acceptors (Lipinski definition) is 1. The molecule has 2 aromatic rings. The van der Waals surface area contributed by atoms with Crippen LogP contribution in [0.15, 0.2) is 54.6 Å². The Labute approximate surface area is 132 Å². The SMILES string of the molecule is C(c1cccc(Oc2ccccc2)c1)=[N+]1CCCCC1.[Cl-]. The van der Waals surface area contributed by atoms with Crippen LogP contribution in [0.25, 0.3) is 0 Å². The zero-order chi connectivity index (χ0) is 13.6. The highest BCUT2D eigenvalue weighted by Crippen LogP contribution is 2.21. The number of hydrogen-bond donors (Lipinski definition) is 0. The zero-order valence-corrected chi connectivity index (χ0v) is 12.8. The Morgan fingerprint density at radius 3 is 2.29 bits per heavy atom. The Morgan fingerprint density at radius 1 is 0.810 bits per heavy atom. The van der Waals surface area contributed by atoms with E-state index in [1.807, 2.05) is 42.5 Å². The Balaban J connectivity index is 0.00000161. The Hall–Kier alpha value is -1.80. The molecule has 0 N–H and O–H groups in total. The number of benzene rings is 2. The van der Waals surface area contributed by atoms with Crippen LogP contribution in [-0.2, 0) is 0 Å². The van der Waals surface area contributed by atoms with Crippen molar-refractivity contribution in [1.82, 2.24) is 0 Å². The molecule has 110 valence electrons. The van der Waals surface area contributed by atoms with E-state index in [0.29, 0.717) is 0 Å². The van der Waals surface area contributed by atoms with Gasteiger partial charge in [-0.15, -0.1) is 0 Å². The zero-order valence-electron chi connectivity index (χ0n) is 12.0. The number of ether oxygens (including phenoxy) is 1. The van der Waals surface area contributed by atoms with Crippen molar-refractivity contribution in [1.29, 1.82) is 0 Å². The van der Waals surface area contributed by atoms with Gasteiger partial charge in [-0.3, -0.25) is 0 Å². The molecular weight excluding hydrogens is 282 g/mol. The van der Waals surface area contributed by atoms with Crippen LogP contribution in [0.5, 0.6) is 11.5 Å². The van der Waals surface area contributed by atoms with E-state index in [0.717, 1.165) is 11.5 Å². The molecule has 0 radical (unpaired) electrons. The van der Waals surface area contributed by atoms with Gasteiger partial charge in [-0.25, -0.2) is 4.58 Å². The van der Waals surface area contributed by atoms with Gasteiger partial charge in [0.15, 0.2) is 6.21 Å². The van der Waals surface area contributed by atoms with Crippen LogP contribution in [0, 0.1) is 0 Å². The summed E-state index contributed by atoms with van der Waals surface area (Å²) in [5.74, 6) is 1.77. The Kier molecular flexibility index (Phi) is 5.82. The van der Waals surface area contributed by atoms with Crippen LogP contribution in [0.3, 0.4) is 0 Å². The van der Waals surface area contributed by atoms with Crippen molar-refractivity contribution in [3.05, 3.63) is 60.2 Å². The van der Waals surface area contributed by atoms with Gasteiger partial charge in [0.1, 0.15) is 24.6 Å². The summed E-state index contributed by atoms with van der Waals surface area (Å²) < 4.78 is 8.28. The molecule has 0 unspecified atom stereocenters. The minimum atomic E-state index is 0. The van der Waals surface area contributed by atoms with E-state index in [4.69, 9.17) is 4.74 Å². The van der Waals surface area contributed by atoms with E-state index in [1.54, 1.807) is 0 Å². The third-order valence-corrected chi connectivity index (χ3v) is 3.56. The van der Waals surface area contributed by atoms with Gasteiger partial charge < -0.3 is 17.1 Å². The lowest BCUT2D eigenvalue weighted by Gasteiger charge is -2.09. The highest BCUT2D eigenvalue weighted by Gasteiger charge is 2.10. The van der Waals surface area contributed by atoms with E-state index in [1.165, 1.54) is 37.9 Å². The smallest absolute Gasteiger partial charge is 0.170 e. The van der Waals surface area contributed by atoms with E-state index in [9.17, 15) is 0 Å². The summed E-state index contributed by atoms with van der Waals surface area (Å²) in [6.07, 6.45) is 6.21. The molecule has 1 aliphatic rings. The third-order valence-electron chi connectivity index (χ3n) is 3.56. The Bertz CT molecular complexity index is 587. The van der Waals surface area contributed by atoms with Crippen LogP contribution in [0.1, 0.15) is 24.8 Å². The maximum absolute atomic E-state index is 5.87. The molecule has 2 nitrogen and oxygen atoms in total. The first-order valence-corrected chi connectivity index (χ1v) is 7.32. The molecule has 1 aliphatic heterocycles. The van der Waals surface area contributed by atoms with Crippen molar-refractivity contribution >= 4 is 6.21 Å². The third kappa shape index (κ3) is 4.61. The summed E-state index contributed by atoms with van der Waals surface area (Å²) in [5.41, 5.74) is 1.21. The van der Waals surface area contributed by atoms with Crippen molar-refractivity contribution in [3.8, 4) is 11.5 Å². The molecule has 0 saturated carbocycles. The summed E-state index contributed by atoms with van der Waals surface area (Å²) in [6.45, 7) is 2.34. The second-order valence-electron chi connectivity index (χ2n) is 5.21. The van der Waals surface area contributed by atoms with Crippen LogP contribution < -0.4 is 17.1 Å². The summed E-state index contributed by atoms with van der Waals surface area (Å²) >= 11 is 0. The lowest BCUT2D eigenvalue weighted by molar-refractivity contribution is -0.532. The average molecular weight is 302 g/mol. The number of para-hydroxylation sites is 1. The van der Waals surface area contributed by atoms with E-state index in [-0.39, 0.29) is 12.4 Å². The summed E-state index contributed by atoms with van der Waals surface area (Å²) in [5, 5.41) is 0. The Morgan fingerprint density at radius 2 is 1.52 bits per heavy atom. The van der Waals surface area contributed by atoms with Gasteiger partial charge >= 0.3 is 0 Å². The van der Waals surface area contributed by atoms with Crippen LogP contribution >= 0.6 is 0 Å². The van der Waals surface area contributed by atoms with Gasteiger partial charge in [-0.1, -0.05) is 24.3 Å². The van der Waals surface area contributed by atoms with Gasteiger partial charge in [0.2, 0.25) is 0 Å². The van der Waals surface area contributed by atoms with Crippen LogP contribution in [-0.4, -0.2) is 23.9 Å². The molecule has 0 atom stereocenters. The van der Waals surface area contributed by atoms with E-state index in [2.05, 4.69) is 22.9 Å². The minimum absolute atomic E-state index is 0. The first-order chi connectivity index (χ1) is 9.90. The minimum Gasteiger partial charge on any atom is -1.00 e. The second kappa shape index (κ2) is 7.84. The van der Waals surface area contributed by atoms with Crippen LogP contribution in [0.2, 0.25) is 0 Å². The van der Waals surface area contributed by atoms with Crippen molar-refractivity contribution in [2.45, 2.75) is 19.3 Å². The molecule has 0 bridgehead atoms. The number of nitrogens with zero attached hydrogens (tertiary/aromatic N) is 1. The molecule has 0 aliphatic carbocycles. The fourth-order valence-corrected chi connectivity index (χ4v) is 2.54. The molecule has 1 saturated heterocycles. The molecular formula is C18H20ClNO. The van der Waals surface area contributed by atoms with Crippen molar-refractivity contribution in [2.24, 2.45) is 0 Å². The maximum atomic E-state index is 5.87. The molecule has 3 heteroatoms. The lowest BCUT2D eigenvalue weighted by Crippen LogP contribution is -3.00. The fraction of sp³-hybridized carbons (Fsp3) is 0.278. The molecule has 21 heavy (non-hydrogen) atoms. The molecule has 1 fully saturated rings. The molecule has 0 amide bonds. The number of piperidine rings is 1. The van der Waals surface area contributed by atoms with Gasteiger partial charge in [0, 0.05) is 18.4 Å². The summed E-state index contributed by atoms with van der Waals surface area (Å²) in [4.78, 5) is 0. The predicted molar refractivity (Wildman–Crippen MR) is 82.0 cm³/mol. The first-order valence-electron chi connectivity index (χ1n) is 7.32. The first kappa shape index (κ1) is 15.6. The quantitative estimate of drug-likeness (QED) is 0.773. The van der Waals surface area contributed by atoms with Crippen molar-refractivity contribution in [3.63, 3.8) is 0 Å². The molecule has 0 spiro atoms. The van der Waals surface area contributed by atoms with Crippen molar-refractivity contribution < 1.29 is 21.7 Å². The number of rotatable bonds is 3. The van der Waals surface area contributed by atoms with E-state index >= 15 is 0 Å². The van der Waals surface area contributed by atoms with Gasteiger partial charge in [-0.05, 0) is 36.8 Å². The van der Waals surface area contributed by atoms with E-state index < -0.39 is 0 Å². The molecule has 1 heterocycles. The molecule has 0 aromatic heterocycles. The average Bonchev–Trinajstić information content (AvgIpc) is 2.50. The standard InChI is InChI=1S/C18H20NO.ClH/c1-3-9-17(10-4-1)20-18-11-7-8-16(14-18)15-19-12-5-2-6-13-19;/h1,3-4,7-11,14-15H,2,5-6,12-13H2;1H/q+1;/p-1. The molecule has 2 aromatic carbocycles. The largest absolute Gasteiger partial charge is 1.00 e. The van der Waals surface area contributed by atoms with Gasteiger partial charge in [0.25, 0.3) is 0 Å². The highest BCUT2D eigenvalue weighted by molar-refractivity contribution is 5.76. The topological polar surface area (TPSA) is 12.2 Å².